The molecule has 1 N–H and O–H groups in total. The average Bonchev–Trinajstić information content (AvgIpc) is 3.17. The summed E-state index contributed by atoms with van der Waals surface area (Å²) in [6.45, 7) is 2.71. The summed E-state index contributed by atoms with van der Waals surface area (Å²) < 4.78 is 11.0. The second kappa shape index (κ2) is 4.42. The molecule has 0 aromatic carbocycles. The zero-order valence-corrected chi connectivity index (χ0v) is 11.0. The third kappa shape index (κ3) is 1.80. The Morgan fingerprint density at radius 3 is 3.15 bits per heavy atom. The third-order valence-corrected chi connectivity index (χ3v) is 3.69. The average molecular weight is 270 g/mol. The van der Waals surface area contributed by atoms with Crippen molar-refractivity contribution in [3.63, 3.8) is 0 Å². The van der Waals surface area contributed by atoms with Gasteiger partial charge in [-0.3, -0.25) is 0 Å². The molecular formula is C14H14N4O2. The highest BCUT2D eigenvalue weighted by molar-refractivity contribution is 5.90. The van der Waals surface area contributed by atoms with Crippen LogP contribution in [0, 0.1) is 0 Å². The molecule has 0 aliphatic carbocycles. The van der Waals surface area contributed by atoms with Gasteiger partial charge in [0, 0.05) is 23.3 Å². The standard InChI is InChI=1S/C14H14N4O2/c1-8-6-9(7-19-8)14-17-13(18-20-14)11-3-5-16-12-10(11)2-4-15-12/h2-5,8-9H,6-7H2,1H3,(H,15,16). The van der Waals surface area contributed by atoms with Crippen LogP contribution in [0.15, 0.2) is 29.0 Å². The number of ether oxygens (including phenoxy) is 1. The first kappa shape index (κ1) is 11.6. The largest absolute Gasteiger partial charge is 0.378 e. The normalized spacial score (nSPS) is 22.6. The Morgan fingerprint density at radius 1 is 1.35 bits per heavy atom. The Hall–Kier alpha value is -2.21. The van der Waals surface area contributed by atoms with Crippen molar-refractivity contribution in [1.82, 2.24) is 20.1 Å². The predicted octanol–water partition coefficient (Wildman–Crippen LogP) is 2.51. The maximum Gasteiger partial charge on any atom is 0.232 e. The van der Waals surface area contributed by atoms with Gasteiger partial charge in [-0.1, -0.05) is 5.16 Å². The molecule has 4 heterocycles. The Bertz CT molecular complexity index is 748. The molecule has 0 radical (unpaired) electrons. The molecule has 6 heteroatoms. The Morgan fingerprint density at radius 2 is 2.30 bits per heavy atom. The first-order valence-electron chi connectivity index (χ1n) is 6.69. The van der Waals surface area contributed by atoms with Gasteiger partial charge in [0.05, 0.1) is 18.6 Å². The molecule has 1 fully saturated rings. The van der Waals surface area contributed by atoms with Gasteiger partial charge in [-0.25, -0.2) is 4.98 Å². The molecule has 2 unspecified atom stereocenters. The molecule has 4 rings (SSSR count). The van der Waals surface area contributed by atoms with Gasteiger partial charge in [-0.15, -0.1) is 0 Å². The fraction of sp³-hybridized carbons (Fsp3) is 0.357. The summed E-state index contributed by atoms with van der Waals surface area (Å²) in [4.78, 5) is 11.9. The van der Waals surface area contributed by atoms with Gasteiger partial charge in [0.1, 0.15) is 5.65 Å². The highest BCUT2D eigenvalue weighted by Gasteiger charge is 2.28. The topological polar surface area (TPSA) is 76.8 Å². The van der Waals surface area contributed by atoms with E-state index in [1.165, 1.54) is 0 Å². The van der Waals surface area contributed by atoms with Crippen LogP contribution >= 0.6 is 0 Å². The zero-order chi connectivity index (χ0) is 13.5. The molecule has 1 aliphatic heterocycles. The van der Waals surface area contributed by atoms with E-state index >= 15 is 0 Å². The zero-order valence-electron chi connectivity index (χ0n) is 11.0. The second-order valence-corrected chi connectivity index (χ2v) is 5.13. The Kier molecular flexibility index (Phi) is 2.56. The molecule has 0 saturated carbocycles. The van der Waals surface area contributed by atoms with E-state index in [4.69, 9.17) is 9.26 Å². The van der Waals surface area contributed by atoms with Crippen molar-refractivity contribution in [3.05, 3.63) is 30.4 Å². The molecule has 0 spiro atoms. The van der Waals surface area contributed by atoms with Gasteiger partial charge in [0.15, 0.2) is 0 Å². The second-order valence-electron chi connectivity index (χ2n) is 5.13. The molecule has 3 aromatic heterocycles. The lowest BCUT2D eigenvalue weighted by Gasteiger charge is -1.99. The monoisotopic (exact) mass is 270 g/mol. The van der Waals surface area contributed by atoms with Crippen LogP contribution in [-0.2, 0) is 4.74 Å². The van der Waals surface area contributed by atoms with Crippen LogP contribution in [0.5, 0.6) is 0 Å². The van der Waals surface area contributed by atoms with Crippen molar-refractivity contribution < 1.29 is 9.26 Å². The number of nitrogens with one attached hydrogen (secondary N) is 1. The summed E-state index contributed by atoms with van der Waals surface area (Å²) in [6, 6.07) is 3.87. The quantitative estimate of drug-likeness (QED) is 0.774. The number of hydrogen-bond acceptors (Lipinski definition) is 5. The maximum atomic E-state index is 5.55. The van der Waals surface area contributed by atoms with Crippen molar-refractivity contribution in [2.45, 2.75) is 25.4 Å². The highest BCUT2D eigenvalue weighted by atomic mass is 16.5. The summed E-state index contributed by atoms with van der Waals surface area (Å²) >= 11 is 0. The van der Waals surface area contributed by atoms with E-state index in [0.717, 1.165) is 23.0 Å². The molecule has 0 amide bonds. The predicted molar refractivity (Wildman–Crippen MR) is 72.2 cm³/mol. The number of pyridine rings is 1. The smallest absolute Gasteiger partial charge is 0.232 e. The van der Waals surface area contributed by atoms with E-state index in [9.17, 15) is 0 Å². The lowest BCUT2D eigenvalue weighted by atomic mass is 10.1. The van der Waals surface area contributed by atoms with Crippen LogP contribution in [0.4, 0.5) is 0 Å². The summed E-state index contributed by atoms with van der Waals surface area (Å²) in [6.07, 6.45) is 4.78. The molecule has 102 valence electrons. The first-order valence-corrected chi connectivity index (χ1v) is 6.69. The van der Waals surface area contributed by atoms with Crippen molar-refractivity contribution in [2.75, 3.05) is 6.61 Å². The van der Waals surface area contributed by atoms with E-state index in [1.807, 2.05) is 18.3 Å². The van der Waals surface area contributed by atoms with Gasteiger partial charge < -0.3 is 14.2 Å². The van der Waals surface area contributed by atoms with Crippen molar-refractivity contribution in [1.29, 1.82) is 0 Å². The number of aromatic amines is 1. The molecule has 6 nitrogen and oxygen atoms in total. The maximum absolute atomic E-state index is 5.55. The molecule has 3 aromatic rings. The molecule has 20 heavy (non-hydrogen) atoms. The third-order valence-electron chi connectivity index (χ3n) is 3.69. The van der Waals surface area contributed by atoms with E-state index in [2.05, 4.69) is 27.0 Å². The van der Waals surface area contributed by atoms with Crippen LogP contribution in [0.3, 0.4) is 0 Å². The number of hydrogen-bond donors (Lipinski definition) is 1. The first-order chi connectivity index (χ1) is 9.81. The van der Waals surface area contributed by atoms with Gasteiger partial charge in [0.2, 0.25) is 11.7 Å². The SMILES string of the molecule is CC1CC(c2nc(-c3ccnc4[nH]ccc34)no2)CO1. The summed E-state index contributed by atoms with van der Waals surface area (Å²) in [5.74, 6) is 1.46. The van der Waals surface area contributed by atoms with E-state index in [0.29, 0.717) is 18.3 Å². The van der Waals surface area contributed by atoms with Crippen molar-refractivity contribution in [3.8, 4) is 11.4 Å². The lowest BCUT2D eigenvalue weighted by molar-refractivity contribution is 0.122. The van der Waals surface area contributed by atoms with Crippen LogP contribution in [-0.4, -0.2) is 32.8 Å². The highest BCUT2D eigenvalue weighted by Crippen LogP contribution is 2.30. The van der Waals surface area contributed by atoms with Gasteiger partial charge in [-0.2, -0.15) is 4.98 Å². The minimum Gasteiger partial charge on any atom is -0.378 e. The number of fused-ring (bicyclic) bond motifs is 1. The number of aromatic nitrogens is 4. The van der Waals surface area contributed by atoms with Crippen molar-refractivity contribution in [2.24, 2.45) is 0 Å². The number of rotatable bonds is 2. The molecule has 2 atom stereocenters. The number of nitrogens with zero attached hydrogens (tertiary/aromatic N) is 3. The van der Waals surface area contributed by atoms with Gasteiger partial charge in [0.25, 0.3) is 0 Å². The molecule has 0 bridgehead atoms. The van der Waals surface area contributed by atoms with E-state index < -0.39 is 0 Å². The van der Waals surface area contributed by atoms with Gasteiger partial charge in [-0.05, 0) is 25.5 Å². The number of H-pyrrole nitrogens is 1. The molecule has 1 aliphatic rings. The van der Waals surface area contributed by atoms with Crippen LogP contribution < -0.4 is 0 Å². The summed E-state index contributed by atoms with van der Waals surface area (Å²) in [5.41, 5.74) is 1.75. The van der Waals surface area contributed by atoms with E-state index in [-0.39, 0.29) is 12.0 Å². The van der Waals surface area contributed by atoms with Crippen LogP contribution in [0.2, 0.25) is 0 Å². The van der Waals surface area contributed by atoms with Crippen LogP contribution in [0.25, 0.3) is 22.4 Å². The van der Waals surface area contributed by atoms with Crippen LogP contribution in [0.1, 0.15) is 25.2 Å². The summed E-state index contributed by atoms with van der Waals surface area (Å²) in [5, 5.41) is 5.10. The Balaban J connectivity index is 1.73. The molecular weight excluding hydrogens is 256 g/mol. The lowest BCUT2D eigenvalue weighted by Crippen LogP contribution is -1.98. The Labute approximate surface area is 115 Å². The minimum absolute atomic E-state index is 0.204. The van der Waals surface area contributed by atoms with E-state index in [1.54, 1.807) is 6.20 Å². The fourth-order valence-electron chi connectivity index (χ4n) is 2.66. The minimum atomic E-state index is 0.204. The van der Waals surface area contributed by atoms with Gasteiger partial charge >= 0.3 is 0 Å². The molecule has 1 saturated heterocycles. The van der Waals surface area contributed by atoms with Crippen molar-refractivity contribution >= 4 is 11.0 Å². The summed E-state index contributed by atoms with van der Waals surface area (Å²) in [7, 11) is 0. The fourth-order valence-corrected chi connectivity index (χ4v) is 2.66.